The Morgan fingerprint density at radius 3 is 2.12 bits per heavy atom. The normalized spacial score (nSPS) is 25.2. The van der Waals surface area contributed by atoms with Gasteiger partial charge < -0.3 is 9.80 Å². The summed E-state index contributed by atoms with van der Waals surface area (Å²) >= 11 is 0. The van der Waals surface area contributed by atoms with Gasteiger partial charge in [-0.05, 0) is 32.5 Å². The van der Waals surface area contributed by atoms with Gasteiger partial charge in [-0.25, -0.2) is 0 Å². The fourth-order valence-electron chi connectivity index (χ4n) is 3.00. The Hall–Kier alpha value is -0.610. The smallest absolute Gasteiger partial charge is 0.219 e. The Kier molecular flexibility index (Phi) is 4.40. The first-order chi connectivity index (χ1) is 8.20. The number of nitrogens with zero attached hydrogens (tertiary/aromatic N) is 3. The molecule has 2 saturated heterocycles. The molecule has 0 saturated carbocycles. The lowest BCUT2D eigenvalue weighted by molar-refractivity contribution is -0.131. The van der Waals surface area contributed by atoms with E-state index in [1.807, 2.05) is 4.90 Å². The fourth-order valence-corrected chi connectivity index (χ4v) is 3.00. The van der Waals surface area contributed by atoms with E-state index < -0.39 is 0 Å². The zero-order valence-corrected chi connectivity index (χ0v) is 11.2. The lowest BCUT2D eigenvalue weighted by Crippen LogP contribution is -2.53. The van der Waals surface area contributed by atoms with E-state index in [-0.39, 0.29) is 5.91 Å². The second kappa shape index (κ2) is 5.83. The van der Waals surface area contributed by atoms with Crippen molar-refractivity contribution in [3.63, 3.8) is 0 Å². The number of piperidine rings is 1. The summed E-state index contributed by atoms with van der Waals surface area (Å²) in [6.07, 6.45) is 2.60. The highest BCUT2D eigenvalue weighted by Gasteiger charge is 2.27. The maximum Gasteiger partial charge on any atom is 0.219 e. The molecular weight excluding hydrogens is 214 g/mol. The topological polar surface area (TPSA) is 26.8 Å². The summed E-state index contributed by atoms with van der Waals surface area (Å²) in [6, 6.07) is 0.756. The predicted molar refractivity (Wildman–Crippen MR) is 69.0 cm³/mol. The molecule has 2 aliphatic rings. The van der Waals surface area contributed by atoms with Crippen molar-refractivity contribution >= 4 is 5.91 Å². The van der Waals surface area contributed by atoms with Crippen LogP contribution < -0.4 is 0 Å². The standard InChI is InChI=1S/C13H25N3O/c1-3-14-6-4-13(5-7-14)16-10-8-15(9-11-16)12(2)17/h13H,3-11H2,1-2H3. The van der Waals surface area contributed by atoms with Crippen molar-refractivity contribution in [1.82, 2.24) is 14.7 Å². The van der Waals surface area contributed by atoms with Gasteiger partial charge >= 0.3 is 0 Å². The van der Waals surface area contributed by atoms with Crippen LogP contribution in [0.4, 0.5) is 0 Å². The summed E-state index contributed by atoms with van der Waals surface area (Å²) in [5.41, 5.74) is 0. The molecule has 0 spiro atoms. The number of rotatable bonds is 2. The molecular formula is C13H25N3O. The number of amides is 1. The summed E-state index contributed by atoms with van der Waals surface area (Å²) < 4.78 is 0. The van der Waals surface area contributed by atoms with Crippen LogP contribution in [-0.2, 0) is 4.79 Å². The predicted octanol–water partition coefficient (Wildman–Crippen LogP) is 0.635. The summed E-state index contributed by atoms with van der Waals surface area (Å²) in [6.45, 7) is 11.6. The molecule has 0 aromatic carbocycles. The highest BCUT2D eigenvalue weighted by molar-refractivity contribution is 5.73. The molecule has 0 unspecified atom stereocenters. The van der Waals surface area contributed by atoms with E-state index in [1.165, 1.54) is 32.5 Å². The third kappa shape index (κ3) is 3.19. The Morgan fingerprint density at radius 2 is 1.65 bits per heavy atom. The molecule has 1 amide bonds. The first kappa shape index (κ1) is 12.8. The van der Waals surface area contributed by atoms with E-state index in [0.717, 1.165) is 32.2 Å². The van der Waals surface area contributed by atoms with Crippen LogP contribution in [0.5, 0.6) is 0 Å². The maximum absolute atomic E-state index is 11.3. The van der Waals surface area contributed by atoms with Gasteiger partial charge in [0.15, 0.2) is 0 Å². The number of carbonyl (C=O) groups is 1. The molecule has 0 bridgehead atoms. The van der Waals surface area contributed by atoms with E-state index in [4.69, 9.17) is 0 Å². The maximum atomic E-state index is 11.3. The van der Waals surface area contributed by atoms with Gasteiger partial charge in [0, 0.05) is 39.1 Å². The van der Waals surface area contributed by atoms with Gasteiger partial charge in [0.2, 0.25) is 5.91 Å². The second-order valence-corrected chi connectivity index (χ2v) is 5.21. The number of likely N-dealkylation sites (tertiary alicyclic amines) is 1. The Morgan fingerprint density at radius 1 is 1.06 bits per heavy atom. The van der Waals surface area contributed by atoms with Crippen LogP contribution in [0.1, 0.15) is 26.7 Å². The monoisotopic (exact) mass is 239 g/mol. The van der Waals surface area contributed by atoms with Crippen molar-refractivity contribution in [2.75, 3.05) is 45.8 Å². The minimum absolute atomic E-state index is 0.227. The van der Waals surface area contributed by atoms with Crippen molar-refractivity contribution in [2.24, 2.45) is 0 Å². The molecule has 2 heterocycles. The largest absolute Gasteiger partial charge is 0.340 e. The number of carbonyl (C=O) groups excluding carboxylic acids is 1. The van der Waals surface area contributed by atoms with Crippen LogP contribution in [0.15, 0.2) is 0 Å². The Bertz CT molecular complexity index is 253. The van der Waals surface area contributed by atoms with E-state index in [0.29, 0.717) is 0 Å². The van der Waals surface area contributed by atoms with Gasteiger partial charge in [-0.3, -0.25) is 9.69 Å². The van der Waals surface area contributed by atoms with Crippen LogP contribution in [0.2, 0.25) is 0 Å². The lowest BCUT2D eigenvalue weighted by atomic mass is 10.0. The Labute approximate surface area is 105 Å². The zero-order valence-electron chi connectivity index (χ0n) is 11.2. The fraction of sp³-hybridized carbons (Fsp3) is 0.923. The summed E-state index contributed by atoms with van der Waals surface area (Å²) in [5.74, 6) is 0.227. The van der Waals surface area contributed by atoms with Gasteiger partial charge in [0.25, 0.3) is 0 Å². The van der Waals surface area contributed by atoms with E-state index in [1.54, 1.807) is 6.92 Å². The highest BCUT2D eigenvalue weighted by atomic mass is 16.2. The van der Waals surface area contributed by atoms with Crippen LogP contribution >= 0.6 is 0 Å². The highest BCUT2D eigenvalue weighted by Crippen LogP contribution is 2.18. The van der Waals surface area contributed by atoms with E-state index >= 15 is 0 Å². The first-order valence-electron chi connectivity index (χ1n) is 6.92. The molecule has 0 aliphatic carbocycles. The molecule has 2 fully saturated rings. The first-order valence-corrected chi connectivity index (χ1v) is 6.92. The van der Waals surface area contributed by atoms with Gasteiger partial charge in [-0.15, -0.1) is 0 Å². The van der Waals surface area contributed by atoms with Crippen LogP contribution in [0, 0.1) is 0 Å². The molecule has 4 heteroatoms. The van der Waals surface area contributed by atoms with Crippen LogP contribution in [-0.4, -0.2) is 72.5 Å². The number of hydrogen-bond acceptors (Lipinski definition) is 3. The average Bonchev–Trinajstić information content (AvgIpc) is 2.39. The van der Waals surface area contributed by atoms with E-state index in [2.05, 4.69) is 16.7 Å². The molecule has 0 aromatic heterocycles. The molecule has 0 aromatic rings. The SMILES string of the molecule is CCN1CCC(N2CCN(C(C)=O)CC2)CC1. The van der Waals surface area contributed by atoms with Gasteiger partial charge in [0.05, 0.1) is 0 Å². The van der Waals surface area contributed by atoms with Crippen molar-refractivity contribution < 1.29 is 4.79 Å². The zero-order chi connectivity index (χ0) is 12.3. The molecule has 0 radical (unpaired) electrons. The second-order valence-electron chi connectivity index (χ2n) is 5.21. The molecule has 2 aliphatic heterocycles. The molecule has 0 atom stereocenters. The number of piperazine rings is 1. The van der Waals surface area contributed by atoms with Crippen molar-refractivity contribution in [3.05, 3.63) is 0 Å². The average molecular weight is 239 g/mol. The van der Waals surface area contributed by atoms with Gasteiger partial charge in [0.1, 0.15) is 0 Å². The molecule has 98 valence electrons. The molecule has 2 rings (SSSR count). The van der Waals surface area contributed by atoms with Crippen molar-refractivity contribution in [3.8, 4) is 0 Å². The molecule has 17 heavy (non-hydrogen) atoms. The minimum Gasteiger partial charge on any atom is -0.340 e. The summed E-state index contributed by atoms with van der Waals surface area (Å²) in [4.78, 5) is 18.4. The van der Waals surface area contributed by atoms with Gasteiger partial charge in [-0.1, -0.05) is 6.92 Å². The van der Waals surface area contributed by atoms with E-state index in [9.17, 15) is 4.79 Å². The van der Waals surface area contributed by atoms with Crippen molar-refractivity contribution in [2.45, 2.75) is 32.7 Å². The third-order valence-corrected chi connectivity index (χ3v) is 4.28. The molecule has 0 N–H and O–H groups in total. The third-order valence-electron chi connectivity index (χ3n) is 4.28. The summed E-state index contributed by atoms with van der Waals surface area (Å²) in [5, 5.41) is 0. The van der Waals surface area contributed by atoms with Crippen LogP contribution in [0.25, 0.3) is 0 Å². The number of hydrogen-bond donors (Lipinski definition) is 0. The van der Waals surface area contributed by atoms with Crippen molar-refractivity contribution in [1.29, 1.82) is 0 Å². The van der Waals surface area contributed by atoms with Crippen LogP contribution in [0.3, 0.4) is 0 Å². The Balaban J connectivity index is 1.76. The van der Waals surface area contributed by atoms with Gasteiger partial charge in [-0.2, -0.15) is 0 Å². The molecule has 4 nitrogen and oxygen atoms in total. The lowest BCUT2D eigenvalue weighted by Gasteiger charge is -2.42. The quantitative estimate of drug-likeness (QED) is 0.707. The summed E-state index contributed by atoms with van der Waals surface area (Å²) in [7, 11) is 0. The minimum atomic E-state index is 0.227.